The third-order valence-corrected chi connectivity index (χ3v) is 6.42. The average molecular weight is 441 g/mol. The Labute approximate surface area is 143 Å². The SMILES string of the molecule is CC(C)CN1C(=O)COC(C(=O)O)C1c1cc(Br)c(Br)s1. The number of halogens is 2. The molecule has 8 heteroatoms. The monoisotopic (exact) mass is 439 g/mol. The summed E-state index contributed by atoms with van der Waals surface area (Å²) < 4.78 is 6.97. The number of ether oxygens (including phenoxy) is 1. The van der Waals surface area contributed by atoms with Crippen LogP contribution in [0.3, 0.4) is 0 Å². The molecule has 1 saturated heterocycles. The van der Waals surface area contributed by atoms with Crippen molar-refractivity contribution in [3.05, 3.63) is 19.2 Å². The Hall–Kier alpha value is -0.440. The van der Waals surface area contributed by atoms with Crippen LogP contribution in [0.15, 0.2) is 14.3 Å². The number of nitrogens with zero attached hydrogens (tertiary/aromatic N) is 1. The van der Waals surface area contributed by atoms with Gasteiger partial charge in [-0.05, 0) is 43.8 Å². The molecule has 1 aromatic heterocycles. The number of hydrogen-bond donors (Lipinski definition) is 1. The van der Waals surface area contributed by atoms with Crippen molar-refractivity contribution in [2.45, 2.75) is 26.0 Å². The van der Waals surface area contributed by atoms with Gasteiger partial charge in [0.25, 0.3) is 0 Å². The molecule has 1 N–H and O–H groups in total. The second-order valence-electron chi connectivity index (χ2n) is 5.23. The highest BCUT2D eigenvalue weighted by Crippen LogP contribution is 2.40. The number of thiophene rings is 1. The summed E-state index contributed by atoms with van der Waals surface area (Å²) in [5.41, 5.74) is 0. The van der Waals surface area contributed by atoms with Crippen molar-refractivity contribution in [3.63, 3.8) is 0 Å². The van der Waals surface area contributed by atoms with Crippen molar-refractivity contribution in [1.82, 2.24) is 4.90 Å². The molecule has 5 nitrogen and oxygen atoms in total. The number of carbonyl (C=O) groups is 2. The van der Waals surface area contributed by atoms with Crippen LogP contribution in [0.2, 0.25) is 0 Å². The third-order valence-electron chi connectivity index (χ3n) is 3.09. The fourth-order valence-corrected chi connectivity index (χ4v) is 4.51. The molecule has 0 aliphatic carbocycles. The summed E-state index contributed by atoms with van der Waals surface area (Å²) >= 11 is 8.21. The second kappa shape index (κ2) is 6.76. The fraction of sp³-hybridized carbons (Fsp3) is 0.538. The van der Waals surface area contributed by atoms with Gasteiger partial charge in [0.15, 0.2) is 6.10 Å². The van der Waals surface area contributed by atoms with Crippen LogP contribution < -0.4 is 0 Å². The lowest BCUT2D eigenvalue weighted by Gasteiger charge is -2.39. The van der Waals surface area contributed by atoms with E-state index >= 15 is 0 Å². The summed E-state index contributed by atoms with van der Waals surface area (Å²) in [5.74, 6) is -0.982. The number of carboxylic acids is 1. The van der Waals surface area contributed by atoms with E-state index in [1.165, 1.54) is 11.3 Å². The van der Waals surface area contributed by atoms with Gasteiger partial charge in [-0.2, -0.15) is 0 Å². The summed E-state index contributed by atoms with van der Waals surface area (Å²) in [4.78, 5) is 26.1. The number of hydrogen-bond acceptors (Lipinski definition) is 4. The Bertz CT molecular complexity index is 541. The fourth-order valence-electron chi connectivity index (χ4n) is 2.28. The summed E-state index contributed by atoms with van der Waals surface area (Å²) in [5, 5.41) is 9.40. The molecule has 116 valence electrons. The smallest absolute Gasteiger partial charge is 0.335 e. The van der Waals surface area contributed by atoms with Gasteiger partial charge in [-0.1, -0.05) is 13.8 Å². The van der Waals surface area contributed by atoms with Crippen LogP contribution in [0, 0.1) is 5.92 Å². The van der Waals surface area contributed by atoms with Gasteiger partial charge in [0.2, 0.25) is 5.91 Å². The van der Waals surface area contributed by atoms with Crippen molar-refractivity contribution in [3.8, 4) is 0 Å². The summed E-state index contributed by atoms with van der Waals surface area (Å²) in [6.07, 6.45) is -1.04. The lowest BCUT2D eigenvalue weighted by molar-refractivity contribution is -0.173. The Morgan fingerprint density at radius 2 is 2.24 bits per heavy atom. The van der Waals surface area contributed by atoms with Gasteiger partial charge in [-0.3, -0.25) is 4.79 Å². The zero-order valence-electron chi connectivity index (χ0n) is 11.5. The van der Waals surface area contributed by atoms with Crippen LogP contribution >= 0.6 is 43.2 Å². The topological polar surface area (TPSA) is 66.8 Å². The van der Waals surface area contributed by atoms with E-state index in [1.54, 1.807) is 4.90 Å². The minimum atomic E-state index is -1.05. The first-order valence-electron chi connectivity index (χ1n) is 6.40. The van der Waals surface area contributed by atoms with E-state index in [4.69, 9.17) is 4.74 Å². The van der Waals surface area contributed by atoms with E-state index in [0.717, 1.165) is 13.1 Å². The molecule has 0 radical (unpaired) electrons. The third kappa shape index (κ3) is 3.67. The zero-order valence-corrected chi connectivity index (χ0v) is 15.5. The average Bonchev–Trinajstić information content (AvgIpc) is 2.70. The van der Waals surface area contributed by atoms with Crippen molar-refractivity contribution in [1.29, 1.82) is 0 Å². The maximum Gasteiger partial charge on any atom is 0.335 e. The van der Waals surface area contributed by atoms with Gasteiger partial charge in [0, 0.05) is 15.9 Å². The molecule has 0 bridgehead atoms. The molecule has 1 fully saturated rings. The van der Waals surface area contributed by atoms with E-state index in [9.17, 15) is 14.7 Å². The van der Waals surface area contributed by atoms with Crippen LogP contribution in [-0.2, 0) is 14.3 Å². The number of aliphatic carboxylic acids is 1. The first-order chi connectivity index (χ1) is 9.81. The Kier molecular flexibility index (Phi) is 5.45. The standard InChI is InChI=1S/C13H15Br2NO4S/c1-6(2)4-16-9(17)5-20-11(13(18)19)10(16)8-3-7(14)12(15)21-8/h3,6,10-11H,4-5H2,1-2H3,(H,18,19). The van der Waals surface area contributed by atoms with Gasteiger partial charge < -0.3 is 14.7 Å². The second-order valence-corrected chi connectivity index (χ2v) is 8.48. The molecule has 21 heavy (non-hydrogen) atoms. The molecule has 1 aromatic rings. The van der Waals surface area contributed by atoms with E-state index in [0.29, 0.717) is 6.54 Å². The molecule has 2 unspecified atom stereocenters. The van der Waals surface area contributed by atoms with Crippen molar-refractivity contribution in [2.75, 3.05) is 13.2 Å². The van der Waals surface area contributed by atoms with E-state index < -0.39 is 18.1 Å². The largest absolute Gasteiger partial charge is 0.479 e. The summed E-state index contributed by atoms with van der Waals surface area (Å²) in [7, 11) is 0. The molecular formula is C13H15Br2NO4S. The van der Waals surface area contributed by atoms with E-state index in [-0.39, 0.29) is 18.4 Å². The minimum Gasteiger partial charge on any atom is -0.479 e. The van der Waals surface area contributed by atoms with Crippen molar-refractivity contribution >= 4 is 55.1 Å². The molecule has 1 aliphatic rings. The van der Waals surface area contributed by atoms with E-state index in [1.807, 2.05) is 19.9 Å². The van der Waals surface area contributed by atoms with Gasteiger partial charge in [-0.25, -0.2) is 4.79 Å². The molecule has 0 spiro atoms. The van der Waals surface area contributed by atoms with Gasteiger partial charge in [0.1, 0.15) is 12.6 Å². The predicted molar refractivity (Wildman–Crippen MR) is 86.4 cm³/mol. The number of morpholine rings is 1. The predicted octanol–water partition coefficient (Wildman–Crippen LogP) is 3.28. The number of amides is 1. The first-order valence-corrected chi connectivity index (χ1v) is 8.80. The van der Waals surface area contributed by atoms with Crippen molar-refractivity contribution in [2.24, 2.45) is 5.92 Å². The lowest BCUT2D eigenvalue weighted by Crippen LogP contribution is -2.52. The van der Waals surface area contributed by atoms with Crippen LogP contribution in [0.1, 0.15) is 24.8 Å². The van der Waals surface area contributed by atoms with Crippen LogP contribution in [0.4, 0.5) is 0 Å². The molecule has 0 saturated carbocycles. The number of carboxylic acid groups (broad SMARTS) is 1. The highest BCUT2D eigenvalue weighted by atomic mass is 79.9. The highest BCUT2D eigenvalue weighted by molar-refractivity contribution is 9.13. The Morgan fingerprint density at radius 3 is 2.71 bits per heavy atom. The Morgan fingerprint density at radius 1 is 1.57 bits per heavy atom. The van der Waals surface area contributed by atoms with Gasteiger partial charge in [0.05, 0.1) is 3.79 Å². The number of rotatable bonds is 4. The van der Waals surface area contributed by atoms with Gasteiger partial charge >= 0.3 is 5.97 Å². The van der Waals surface area contributed by atoms with Gasteiger partial charge in [-0.15, -0.1) is 11.3 Å². The molecule has 1 aliphatic heterocycles. The highest BCUT2D eigenvalue weighted by Gasteiger charge is 2.43. The molecular weight excluding hydrogens is 426 g/mol. The number of carbonyl (C=O) groups excluding carboxylic acids is 1. The summed E-state index contributed by atoms with van der Waals surface area (Å²) in [6, 6.07) is 1.24. The lowest BCUT2D eigenvalue weighted by atomic mass is 10.0. The van der Waals surface area contributed by atoms with E-state index in [2.05, 4.69) is 31.9 Å². The quantitative estimate of drug-likeness (QED) is 0.779. The minimum absolute atomic E-state index is 0.174. The molecule has 0 aromatic carbocycles. The maximum absolute atomic E-state index is 12.2. The molecule has 1 amide bonds. The molecule has 2 rings (SSSR count). The van der Waals surface area contributed by atoms with Crippen LogP contribution in [0.25, 0.3) is 0 Å². The molecule has 2 atom stereocenters. The Balaban J connectivity index is 2.43. The zero-order chi connectivity index (χ0) is 15.7. The normalized spacial score (nSPS) is 22.9. The van der Waals surface area contributed by atoms with Crippen LogP contribution in [-0.4, -0.2) is 41.1 Å². The van der Waals surface area contributed by atoms with Crippen LogP contribution in [0.5, 0.6) is 0 Å². The van der Waals surface area contributed by atoms with Crippen molar-refractivity contribution < 1.29 is 19.4 Å². The first kappa shape index (κ1) is 16.9. The maximum atomic E-state index is 12.2. The summed E-state index contributed by atoms with van der Waals surface area (Å²) in [6.45, 7) is 4.31. The molecule has 2 heterocycles.